The van der Waals surface area contributed by atoms with Crippen molar-refractivity contribution in [2.75, 3.05) is 0 Å². The minimum atomic E-state index is -0.479. The lowest BCUT2D eigenvalue weighted by molar-refractivity contribution is 0.623. The van der Waals surface area contributed by atoms with E-state index in [0.29, 0.717) is 5.75 Å². The Labute approximate surface area is 99.9 Å². The van der Waals surface area contributed by atoms with Crippen LogP contribution in [0.25, 0.3) is 0 Å². The highest BCUT2D eigenvalue weighted by Gasteiger charge is 2.04. The molecule has 1 heterocycles. The second-order valence-electron chi connectivity index (χ2n) is 2.92. The number of halogens is 1. The summed E-state index contributed by atoms with van der Waals surface area (Å²) in [6.45, 7) is 0. The van der Waals surface area contributed by atoms with Crippen LogP contribution in [0.2, 0.25) is 0 Å². The highest BCUT2D eigenvalue weighted by atomic mass is 32.2. The Morgan fingerprint density at radius 2 is 2.38 bits per heavy atom. The van der Waals surface area contributed by atoms with Crippen LogP contribution in [0.1, 0.15) is 11.1 Å². The first-order valence-electron chi connectivity index (χ1n) is 4.37. The van der Waals surface area contributed by atoms with Gasteiger partial charge in [0.1, 0.15) is 17.4 Å². The zero-order valence-electron chi connectivity index (χ0n) is 8.05. The van der Waals surface area contributed by atoms with Gasteiger partial charge in [0.05, 0.1) is 5.56 Å². The fraction of sp³-hybridized carbons (Fsp3) is 0.100. The van der Waals surface area contributed by atoms with Gasteiger partial charge in [0.2, 0.25) is 0 Å². The van der Waals surface area contributed by atoms with Crippen LogP contribution in [0.15, 0.2) is 28.0 Å². The van der Waals surface area contributed by atoms with Crippen molar-refractivity contribution in [3.63, 3.8) is 0 Å². The molecule has 16 heavy (non-hydrogen) atoms. The molecule has 0 bridgehead atoms. The lowest BCUT2D eigenvalue weighted by Gasteiger charge is -2.00. The summed E-state index contributed by atoms with van der Waals surface area (Å²) in [6.07, 6.45) is 0. The van der Waals surface area contributed by atoms with Crippen LogP contribution in [0.5, 0.6) is 0 Å². The first kappa shape index (κ1) is 11.0. The number of nitriles is 1. The number of hydrogen-bond acceptors (Lipinski definition) is 5. The number of benzene rings is 1. The first-order valence-corrected chi connectivity index (χ1v) is 6.23. The first-order chi connectivity index (χ1) is 7.79. The van der Waals surface area contributed by atoms with Crippen molar-refractivity contribution in [3.8, 4) is 6.07 Å². The van der Waals surface area contributed by atoms with Gasteiger partial charge in [-0.3, -0.25) is 0 Å². The molecule has 0 aliphatic heterocycles. The lowest BCUT2D eigenvalue weighted by Crippen LogP contribution is -1.87. The Bertz CT molecular complexity index is 519. The maximum Gasteiger partial charge on any atom is 0.174 e. The molecule has 1 aromatic heterocycles. The molecule has 1 aromatic carbocycles. The van der Waals surface area contributed by atoms with Gasteiger partial charge >= 0.3 is 0 Å². The zero-order valence-corrected chi connectivity index (χ0v) is 9.69. The molecule has 0 fully saturated rings. The Kier molecular flexibility index (Phi) is 3.49. The largest absolute Gasteiger partial charge is 0.206 e. The molecule has 0 amide bonds. The number of nitrogens with zero attached hydrogens (tertiary/aromatic N) is 3. The predicted molar refractivity (Wildman–Crippen MR) is 60.6 cm³/mol. The molecular formula is C10H6FN3S2. The Hall–Kier alpha value is -1.45. The van der Waals surface area contributed by atoms with E-state index in [1.807, 2.05) is 6.07 Å². The van der Waals surface area contributed by atoms with Crippen molar-refractivity contribution in [2.45, 2.75) is 10.1 Å². The third-order valence-corrected chi connectivity index (χ3v) is 3.79. The molecule has 0 saturated heterocycles. The van der Waals surface area contributed by atoms with E-state index in [0.717, 1.165) is 9.90 Å². The van der Waals surface area contributed by atoms with Crippen LogP contribution < -0.4 is 0 Å². The highest BCUT2D eigenvalue weighted by molar-refractivity contribution is 8.00. The number of thioether (sulfide) groups is 1. The third kappa shape index (κ3) is 2.56. The summed E-state index contributed by atoms with van der Waals surface area (Å²) >= 11 is 2.98. The molecule has 0 unspecified atom stereocenters. The van der Waals surface area contributed by atoms with Crippen molar-refractivity contribution in [3.05, 3.63) is 40.7 Å². The second kappa shape index (κ2) is 5.05. The highest BCUT2D eigenvalue weighted by Crippen LogP contribution is 2.24. The molecule has 2 aromatic rings. The Morgan fingerprint density at radius 1 is 1.50 bits per heavy atom. The minimum absolute atomic E-state index is 0.0790. The summed E-state index contributed by atoms with van der Waals surface area (Å²) in [7, 11) is 0. The van der Waals surface area contributed by atoms with E-state index in [1.54, 1.807) is 17.6 Å². The van der Waals surface area contributed by atoms with Gasteiger partial charge in [0.15, 0.2) is 4.34 Å². The van der Waals surface area contributed by atoms with Crippen LogP contribution in [-0.2, 0) is 5.75 Å². The van der Waals surface area contributed by atoms with Gasteiger partial charge in [-0.05, 0) is 17.7 Å². The van der Waals surface area contributed by atoms with Crippen molar-refractivity contribution < 1.29 is 4.39 Å². The maximum absolute atomic E-state index is 13.0. The molecule has 2 rings (SSSR count). The Balaban J connectivity index is 2.08. The van der Waals surface area contributed by atoms with Gasteiger partial charge in [0, 0.05) is 5.75 Å². The molecule has 6 heteroatoms. The predicted octanol–water partition coefficient (Wildman–Crippen LogP) is 2.84. The van der Waals surface area contributed by atoms with Crippen LogP contribution in [0, 0.1) is 17.1 Å². The average molecular weight is 251 g/mol. The van der Waals surface area contributed by atoms with E-state index in [-0.39, 0.29) is 5.56 Å². The standard InChI is InChI=1S/C10H6FN3S2/c11-9-2-1-7(3-8(9)4-12)5-15-10-14-13-6-16-10/h1-3,6H,5H2. The molecule has 0 saturated carbocycles. The van der Waals surface area contributed by atoms with Crippen molar-refractivity contribution in [1.29, 1.82) is 5.26 Å². The van der Waals surface area contributed by atoms with Crippen LogP contribution in [0.3, 0.4) is 0 Å². The van der Waals surface area contributed by atoms with Gasteiger partial charge < -0.3 is 0 Å². The van der Waals surface area contributed by atoms with E-state index in [2.05, 4.69) is 10.2 Å². The second-order valence-corrected chi connectivity index (χ2v) is 4.98. The fourth-order valence-electron chi connectivity index (χ4n) is 1.12. The third-order valence-electron chi connectivity index (χ3n) is 1.85. The fourth-order valence-corrected chi connectivity index (χ4v) is 2.55. The molecule has 3 nitrogen and oxygen atoms in total. The van der Waals surface area contributed by atoms with E-state index < -0.39 is 5.82 Å². The molecular weight excluding hydrogens is 245 g/mol. The molecule has 0 spiro atoms. The summed E-state index contributed by atoms with van der Waals surface area (Å²) in [5.74, 6) is 0.177. The lowest BCUT2D eigenvalue weighted by atomic mass is 10.1. The summed E-state index contributed by atoms with van der Waals surface area (Å²) in [6, 6.07) is 6.36. The number of hydrogen-bond donors (Lipinski definition) is 0. The summed E-state index contributed by atoms with van der Waals surface area (Å²) in [5.41, 5.74) is 2.64. The van der Waals surface area contributed by atoms with E-state index in [9.17, 15) is 4.39 Å². The molecule has 0 aliphatic carbocycles. The molecule has 80 valence electrons. The van der Waals surface area contributed by atoms with E-state index >= 15 is 0 Å². The molecule has 0 N–H and O–H groups in total. The van der Waals surface area contributed by atoms with Crippen LogP contribution in [-0.4, -0.2) is 10.2 Å². The SMILES string of the molecule is N#Cc1cc(CSc2nncs2)ccc1F. The van der Waals surface area contributed by atoms with Gasteiger partial charge in [0.25, 0.3) is 0 Å². The smallest absolute Gasteiger partial charge is 0.174 e. The van der Waals surface area contributed by atoms with Crippen molar-refractivity contribution >= 4 is 23.1 Å². The van der Waals surface area contributed by atoms with Crippen LogP contribution in [0.4, 0.5) is 4.39 Å². The molecule has 0 aliphatic rings. The quantitative estimate of drug-likeness (QED) is 0.787. The Morgan fingerprint density at radius 3 is 3.06 bits per heavy atom. The minimum Gasteiger partial charge on any atom is -0.206 e. The molecule has 0 atom stereocenters. The summed E-state index contributed by atoms with van der Waals surface area (Å²) < 4.78 is 13.9. The van der Waals surface area contributed by atoms with Crippen molar-refractivity contribution in [2.24, 2.45) is 0 Å². The van der Waals surface area contributed by atoms with E-state index in [1.165, 1.54) is 29.2 Å². The summed E-state index contributed by atoms with van der Waals surface area (Å²) in [5, 5.41) is 16.3. The normalized spacial score (nSPS) is 10.0. The van der Waals surface area contributed by atoms with Crippen LogP contribution >= 0.6 is 23.1 Å². The summed E-state index contributed by atoms with van der Waals surface area (Å²) in [4.78, 5) is 0. The number of rotatable bonds is 3. The van der Waals surface area contributed by atoms with Gasteiger partial charge in [-0.15, -0.1) is 10.2 Å². The van der Waals surface area contributed by atoms with Gasteiger partial charge in [-0.1, -0.05) is 29.2 Å². The van der Waals surface area contributed by atoms with E-state index in [4.69, 9.17) is 5.26 Å². The van der Waals surface area contributed by atoms with Gasteiger partial charge in [-0.2, -0.15) is 5.26 Å². The maximum atomic E-state index is 13.0. The van der Waals surface area contributed by atoms with Crippen molar-refractivity contribution in [1.82, 2.24) is 10.2 Å². The zero-order chi connectivity index (χ0) is 11.4. The number of aromatic nitrogens is 2. The van der Waals surface area contributed by atoms with Gasteiger partial charge in [-0.25, -0.2) is 4.39 Å². The topological polar surface area (TPSA) is 49.6 Å². The monoisotopic (exact) mass is 251 g/mol. The average Bonchev–Trinajstić information content (AvgIpc) is 2.81. The molecule has 0 radical (unpaired) electrons.